The predicted octanol–water partition coefficient (Wildman–Crippen LogP) is 0.815. The average Bonchev–Trinajstić information content (AvgIpc) is 2.62. The Morgan fingerprint density at radius 2 is 2.43 bits per heavy atom. The third-order valence-corrected chi connectivity index (χ3v) is 1.90. The van der Waals surface area contributed by atoms with Crippen molar-refractivity contribution in [1.29, 1.82) is 0 Å². The van der Waals surface area contributed by atoms with E-state index in [1.165, 1.54) is 0 Å². The van der Waals surface area contributed by atoms with E-state index in [1.54, 1.807) is 6.20 Å². The van der Waals surface area contributed by atoms with Crippen LogP contribution < -0.4 is 10.5 Å². The Morgan fingerprint density at radius 3 is 3.14 bits per heavy atom. The number of ether oxygens (including phenoxy) is 1. The molecular formula is C9H12N4O. The quantitative estimate of drug-likeness (QED) is 0.754. The lowest BCUT2D eigenvalue weighted by Gasteiger charge is -2.01. The van der Waals surface area contributed by atoms with Crippen LogP contribution in [0.4, 0.5) is 0 Å². The maximum absolute atomic E-state index is 5.48. The molecule has 0 amide bonds. The van der Waals surface area contributed by atoms with Crippen LogP contribution in [0.5, 0.6) is 5.75 Å². The molecule has 0 aliphatic carbocycles. The highest BCUT2D eigenvalue weighted by Crippen LogP contribution is 2.21. The van der Waals surface area contributed by atoms with Gasteiger partial charge in [0.15, 0.2) is 5.65 Å². The second-order valence-electron chi connectivity index (χ2n) is 2.83. The van der Waals surface area contributed by atoms with Crippen LogP contribution in [0.2, 0.25) is 0 Å². The van der Waals surface area contributed by atoms with Gasteiger partial charge in [-0.05, 0) is 6.92 Å². The van der Waals surface area contributed by atoms with E-state index in [4.69, 9.17) is 10.5 Å². The van der Waals surface area contributed by atoms with Crippen LogP contribution >= 0.6 is 0 Å². The minimum Gasteiger partial charge on any atom is -0.491 e. The molecule has 0 aliphatic rings. The fourth-order valence-electron chi connectivity index (χ4n) is 1.31. The average molecular weight is 192 g/mol. The van der Waals surface area contributed by atoms with Crippen LogP contribution in [-0.4, -0.2) is 21.6 Å². The Kier molecular flexibility index (Phi) is 2.32. The minimum absolute atomic E-state index is 0.377. The number of nitrogens with zero attached hydrogens (tertiary/aromatic N) is 2. The van der Waals surface area contributed by atoms with E-state index in [2.05, 4.69) is 15.0 Å². The van der Waals surface area contributed by atoms with Gasteiger partial charge in [-0.2, -0.15) is 0 Å². The molecule has 2 heterocycles. The Hall–Kier alpha value is -1.62. The highest BCUT2D eigenvalue weighted by Gasteiger charge is 2.07. The zero-order valence-corrected chi connectivity index (χ0v) is 7.95. The van der Waals surface area contributed by atoms with Gasteiger partial charge in [0.2, 0.25) is 0 Å². The van der Waals surface area contributed by atoms with Crippen molar-refractivity contribution >= 4 is 11.2 Å². The Bertz CT molecular complexity index is 437. The van der Waals surface area contributed by atoms with E-state index >= 15 is 0 Å². The Labute approximate surface area is 81.3 Å². The molecule has 74 valence electrons. The summed E-state index contributed by atoms with van der Waals surface area (Å²) in [6.07, 6.45) is 1.68. The Morgan fingerprint density at radius 1 is 1.57 bits per heavy atom. The van der Waals surface area contributed by atoms with Gasteiger partial charge in [-0.15, -0.1) is 0 Å². The first-order valence-electron chi connectivity index (χ1n) is 4.51. The first-order valence-corrected chi connectivity index (χ1v) is 4.51. The molecule has 0 unspecified atom stereocenters. The van der Waals surface area contributed by atoms with E-state index in [9.17, 15) is 0 Å². The van der Waals surface area contributed by atoms with Crippen LogP contribution in [0.3, 0.4) is 0 Å². The van der Waals surface area contributed by atoms with Crippen LogP contribution in [-0.2, 0) is 6.54 Å². The van der Waals surface area contributed by atoms with Gasteiger partial charge in [-0.25, -0.2) is 9.97 Å². The van der Waals surface area contributed by atoms with Crippen molar-refractivity contribution in [3.05, 3.63) is 18.1 Å². The highest BCUT2D eigenvalue weighted by atomic mass is 16.5. The molecule has 0 saturated heterocycles. The van der Waals surface area contributed by atoms with Gasteiger partial charge in [0.1, 0.15) is 17.1 Å². The molecule has 0 saturated carbocycles. The lowest BCUT2D eigenvalue weighted by atomic mass is 10.4. The number of imidazole rings is 1. The number of hydrogen-bond donors (Lipinski definition) is 2. The maximum Gasteiger partial charge on any atom is 0.181 e. The molecule has 0 bridgehead atoms. The number of aromatic amines is 1. The smallest absolute Gasteiger partial charge is 0.181 e. The van der Waals surface area contributed by atoms with E-state index < -0.39 is 0 Å². The number of nitrogens with one attached hydrogen (secondary N) is 1. The van der Waals surface area contributed by atoms with Crippen molar-refractivity contribution in [2.24, 2.45) is 5.73 Å². The lowest BCUT2D eigenvalue weighted by molar-refractivity contribution is 0.343. The largest absolute Gasteiger partial charge is 0.491 e. The molecule has 0 atom stereocenters. The van der Waals surface area contributed by atoms with Crippen LogP contribution in [0.25, 0.3) is 11.2 Å². The van der Waals surface area contributed by atoms with Gasteiger partial charge in [-0.3, -0.25) is 0 Å². The molecule has 0 aliphatic heterocycles. The summed E-state index contributed by atoms with van der Waals surface area (Å²) in [5, 5.41) is 0. The molecule has 2 aromatic heterocycles. The van der Waals surface area contributed by atoms with E-state index in [-0.39, 0.29) is 0 Å². The van der Waals surface area contributed by atoms with Gasteiger partial charge in [0.05, 0.1) is 13.2 Å². The van der Waals surface area contributed by atoms with Crippen LogP contribution in [0.15, 0.2) is 12.3 Å². The molecule has 14 heavy (non-hydrogen) atoms. The number of rotatable bonds is 3. The summed E-state index contributed by atoms with van der Waals surface area (Å²) in [5.74, 6) is 1.49. The molecular weight excluding hydrogens is 180 g/mol. The van der Waals surface area contributed by atoms with Gasteiger partial charge >= 0.3 is 0 Å². The van der Waals surface area contributed by atoms with Crippen molar-refractivity contribution in [2.75, 3.05) is 6.61 Å². The minimum atomic E-state index is 0.377. The second kappa shape index (κ2) is 3.63. The SMILES string of the molecule is CCOc1ccnc2nc(CN)[nH]c12. The zero-order valence-electron chi connectivity index (χ0n) is 7.95. The molecule has 2 aromatic rings. The zero-order chi connectivity index (χ0) is 9.97. The van der Waals surface area contributed by atoms with E-state index in [0.29, 0.717) is 18.8 Å². The summed E-state index contributed by atoms with van der Waals surface area (Å²) in [6.45, 7) is 2.94. The molecule has 2 rings (SSSR count). The van der Waals surface area contributed by atoms with Gasteiger partial charge in [-0.1, -0.05) is 0 Å². The van der Waals surface area contributed by atoms with Gasteiger partial charge in [0.25, 0.3) is 0 Å². The number of aromatic nitrogens is 3. The monoisotopic (exact) mass is 192 g/mol. The summed E-state index contributed by atoms with van der Waals surface area (Å²) in [4.78, 5) is 11.4. The normalized spacial score (nSPS) is 10.7. The number of nitrogens with two attached hydrogens (primary N) is 1. The fraction of sp³-hybridized carbons (Fsp3) is 0.333. The standard InChI is InChI=1S/C9H12N4O/c1-2-14-6-3-4-11-9-8(6)12-7(5-10)13-9/h3-4H,2,5,10H2,1H3,(H,11,12,13). The van der Waals surface area contributed by atoms with E-state index in [1.807, 2.05) is 13.0 Å². The first kappa shape index (κ1) is 8.96. The molecule has 0 spiro atoms. The first-order chi connectivity index (χ1) is 6.85. The fourth-order valence-corrected chi connectivity index (χ4v) is 1.31. The molecule has 0 aromatic carbocycles. The molecule has 5 nitrogen and oxygen atoms in total. The Balaban J connectivity index is 2.55. The number of fused-ring (bicyclic) bond motifs is 1. The highest BCUT2D eigenvalue weighted by molar-refractivity contribution is 5.77. The molecule has 5 heteroatoms. The number of pyridine rings is 1. The summed E-state index contributed by atoms with van der Waals surface area (Å²) in [5.41, 5.74) is 6.94. The van der Waals surface area contributed by atoms with Crippen LogP contribution in [0.1, 0.15) is 12.7 Å². The van der Waals surface area contributed by atoms with Crippen molar-refractivity contribution < 1.29 is 4.74 Å². The summed E-state index contributed by atoms with van der Waals surface area (Å²) in [7, 11) is 0. The van der Waals surface area contributed by atoms with Crippen molar-refractivity contribution in [3.8, 4) is 5.75 Å². The summed E-state index contributed by atoms with van der Waals surface area (Å²) in [6, 6.07) is 1.81. The van der Waals surface area contributed by atoms with Crippen molar-refractivity contribution in [3.63, 3.8) is 0 Å². The molecule has 0 fully saturated rings. The third-order valence-electron chi connectivity index (χ3n) is 1.90. The van der Waals surface area contributed by atoms with Crippen molar-refractivity contribution in [2.45, 2.75) is 13.5 Å². The summed E-state index contributed by atoms with van der Waals surface area (Å²) < 4.78 is 5.42. The van der Waals surface area contributed by atoms with Crippen LogP contribution in [0, 0.1) is 0 Å². The summed E-state index contributed by atoms with van der Waals surface area (Å²) >= 11 is 0. The number of hydrogen-bond acceptors (Lipinski definition) is 4. The molecule has 3 N–H and O–H groups in total. The third kappa shape index (κ3) is 1.42. The van der Waals surface area contributed by atoms with Gasteiger partial charge in [0, 0.05) is 12.3 Å². The molecule has 0 radical (unpaired) electrons. The topological polar surface area (TPSA) is 76.8 Å². The van der Waals surface area contributed by atoms with E-state index in [0.717, 1.165) is 17.1 Å². The maximum atomic E-state index is 5.48. The van der Waals surface area contributed by atoms with Gasteiger partial charge < -0.3 is 15.5 Å². The predicted molar refractivity (Wildman–Crippen MR) is 52.9 cm³/mol. The second-order valence-corrected chi connectivity index (χ2v) is 2.83. The number of H-pyrrole nitrogens is 1. The lowest BCUT2D eigenvalue weighted by Crippen LogP contribution is -1.97. The van der Waals surface area contributed by atoms with Crippen molar-refractivity contribution in [1.82, 2.24) is 15.0 Å².